The van der Waals surface area contributed by atoms with Gasteiger partial charge in [0.1, 0.15) is 11.9 Å². The maximum Gasteiger partial charge on any atom is 0.268 e. The molecule has 1 N–H and O–H groups in total. The van der Waals surface area contributed by atoms with Gasteiger partial charge in [0.05, 0.1) is 6.20 Å². The van der Waals surface area contributed by atoms with Crippen LogP contribution in [-0.4, -0.2) is 16.5 Å². The summed E-state index contributed by atoms with van der Waals surface area (Å²) in [6, 6.07) is 0.823. The smallest absolute Gasteiger partial charge is 0.268 e. The van der Waals surface area contributed by atoms with Crippen molar-refractivity contribution in [3.63, 3.8) is 0 Å². The fraction of sp³-hybridized carbons (Fsp3) is 0.286. The zero-order valence-corrected chi connectivity index (χ0v) is 5.92. The molecule has 1 aromatic rings. The molecule has 1 unspecified atom stereocenters. The Morgan fingerprint density at radius 1 is 1.33 bits per heavy atom. The molecule has 2 nitrogen and oxygen atoms in total. The second-order valence-electron chi connectivity index (χ2n) is 2.22. The Morgan fingerprint density at radius 2 is 2.00 bits per heavy atom. The Bertz CT molecular complexity index is 267. The number of halogens is 3. The van der Waals surface area contributed by atoms with E-state index in [1.165, 1.54) is 0 Å². The van der Waals surface area contributed by atoms with E-state index in [1.54, 1.807) is 0 Å². The molecule has 0 saturated carbocycles. The van der Waals surface area contributed by atoms with Crippen molar-refractivity contribution < 1.29 is 18.3 Å². The van der Waals surface area contributed by atoms with Crippen LogP contribution in [0.25, 0.3) is 0 Å². The van der Waals surface area contributed by atoms with E-state index in [-0.39, 0.29) is 5.56 Å². The molecule has 12 heavy (non-hydrogen) atoms. The zero-order chi connectivity index (χ0) is 9.14. The zero-order valence-electron chi connectivity index (χ0n) is 5.92. The van der Waals surface area contributed by atoms with Crippen molar-refractivity contribution in [1.29, 1.82) is 0 Å². The molecule has 0 amide bonds. The predicted molar refractivity (Wildman–Crippen MR) is 35.2 cm³/mol. The SMILES string of the molecule is OC(c1cncc(F)c1)C(F)F. The van der Waals surface area contributed by atoms with Crippen LogP contribution in [0, 0.1) is 5.82 Å². The van der Waals surface area contributed by atoms with Crippen LogP contribution in [0.1, 0.15) is 11.7 Å². The van der Waals surface area contributed by atoms with E-state index in [0.717, 1.165) is 18.5 Å². The average Bonchev–Trinajstić information content (AvgIpc) is 2.03. The first-order valence-corrected chi connectivity index (χ1v) is 3.18. The van der Waals surface area contributed by atoms with Crippen molar-refractivity contribution in [1.82, 2.24) is 4.98 Å². The molecule has 0 spiro atoms. The standard InChI is InChI=1S/C7H6F3NO/c8-5-1-4(2-11-3-5)6(12)7(9)10/h1-3,6-7,12H. The maximum atomic E-state index is 12.4. The first-order chi connectivity index (χ1) is 5.61. The molecule has 0 fully saturated rings. The van der Waals surface area contributed by atoms with Crippen molar-refractivity contribution in [2.24, 2.45) is 0 Å². The minimum absolute atomic E-state index is 0.218. The second-order valence-corrected chi connectivity index (χ2v) is 2.22. The Balaban J connectivity index is 2.88. The summed E-state index contributed by atoms with van der Waals surface area (Å²) < 4.78 is 36.1. The summed E-state index contributed by atoms with van der Waals surface area (Å²) in [6.45, 7) is 0. The predicted octanol–water partition coefficient (Wildman–Crippen LogP) is 1.52. The molecule has 1 atom stereocenters. The molecule has 0 radical (unpaired) electrons. The number of pyridine rings is 1. The van der Waals surface area contributed by atoms with Crippen molar-refractivity contribution in [3.8, 4) is 0 Å². The van der Waals surface area contributed by atoms with Gasteiger partial charge in [0.2, 0.25) is 0 Å². The summed E-state index contributed by atoms with van der Waals surface area (Å²) in [6.07, 6.45) is -3.01. The quantitative estimate of drug-likeness (QED) is 0.742. The molecule has 5 heteroatoms. The summed E-state index contributed by atoms with van der Waals surface area (Å²) in [7, 11) is 0. The molecule has 1 heterocycles. The van der Waals surface area contributed by atoms with E-state index in [2.05, 4.69) is 4.98 Å². The molecule has 1 aromatic heterocycles. The number of nitrogens with zero attached hydrogens (tertiary/aromatic N) is 1. The summed E-state index contributed by atoms with van der Waals surface area (Å²) in [5.74, 6) is -0.743. The highest BCUT2D eigenvalue weighted by atomic mass is 19.3. The molecule has 0 aliphatic heterocycles. The molecule has 66 valence electrons. The number of aliphatic hydroxyl groups excluding tert-OH is 1. The van der Waals surface area contributed by atoms with Crippen LogP contribution in [0.15, 0.2) is 18.5 Å². The Kier molecular flexibility index (Phi) is 2.65. The fourth-order valence-corrected chi connectivity index (χ4v) is 0.736. The number of hydrogen-bond acceptors (Lipinski definition) is 2. The van der Waals surface area contributed by atoms with Gasteiger partial charge in [-0.1, -0.05) is 0 Å². The largest absolute Gasteiger partial charge is 0.382 e. The lowest BCUT2D eigenvalue weighted by Gasteiger charge is -2.07. The van der Waals surface area contributed by atoms with Gasteiger partial charge in [-0.15, -0.1) is 0 Å². The average molecular weight is 177 g/mol. The van der Waals surface area contributed by atoms with Gasteiger partial charge in [-0.05, 0) is 6.07 Å². The van der Waals surface area contributed by atoms with Crippen LogP contribution in [0.5, 0.6) is 0 Å². The minimum Gasteiger partial charge on any atom is -0.382 e. The van der Waals surface area contributed by atoms with Crippen molar-refractivity contribution >= 4 is 0 Å². The topological polar surface area (TPSA) is 33.1 Å². The minimum atomic E-state index is -2.92. The molecule has 0 aliphatic rings. The molecule has 0 bridgehead atoms. The third kappa shape index (κ3) is 1.94. The van der Waals surface area contributed by atoms with E-state index in [1.807, 2.05) is 0 Å². The third-order valence-corrected chi connectivity index (χ3v) is 1.31. The molecular weight excluding hydrogens is 171 g/mol. The molecule has 0 aromatic carbocycles. The summed E-state index contributed by atoms with van der Waals surface area (Å²) >= 11 is 0. The highest BCUT2D eigenvalue weighted by Gasteiger charge is 2.19. The Morgan fingerprint density at radius 3 is 2.50 bits per heavy atom. The van der Waals surface area contributed by atoms with Crippen LogP contribution < -0.4 is 0 Å². The lowest BCUT2D eigenvalue weighted by Crippen LogP contribution is -2.08. The monoisotopic (exact) mass is 177 g/mol. The van der Waals surface area contributed by atoms with Crippen LogP contribution in [-0.2, 0) is 0 Å². The first-order valence-electron chi connectivity index (χ1n) is 3.18. The Labute approximate surface area is 66.7 Å². The van der Waals surface area contributed by atoms with Crippen LogP contribution in [0.2, 0.25) is 0 Å². The van der Waals surface area contributed by atoms with Crippen molar-refractivity contribution in [3.05, 3.63) is 29.8 Å². The number of aromatic nitrogens is 1. The van der Waals surface area contributed by atoms with Gasteiger partial charge in [0.15, 0.2) is 0 Å². The van der Waals surface area contributed by atoms with E-state index < -0.39 is 18.3 Å². The summed E-state index contributed by atoms with van der Waals surface area (Å²) in [5, 5.41) is 8.77. The number of alkyl halides is 2. The third-order valence-electron chi connectivity index (χ3n) is 1.31. The van der Waals surface area contributed by atoms with Crippen LogP contribution >= 0.6 is 0 Å². The van der Waals surface area contributed by atoms with Gasteiger partial charge in [-0.25, -0.2) is 13.2 Å². The van der Waals surface area contributed by atoms with E-state index in [4.69, 9.17) is 5.11 Å². The molecular formula is C7H6F3NO. The van der Waals surface area contributed by atoms with Gasteiger partial charge in [-0.2, -0.15) is 0 Å². The van der Waals surface area contributed by atoms with Gasteiger partial charge < -0.3 is 5.11 Å². The number of aliphatic hydroxyl groups is 1. The van der Waals surface area contributed by atoms with E-state index in [0.29, 0.717) is 0 Å². The van der Waals surface area contributed by atoms with Crippen LogP contribution in [0.4, 0.5) is 13.2 Å². The highest BCUT2D eigenvalue weighted by Crippen LogP contribution is 2.19. The normalized spacial score (nSPS) is 13.4. The molecule has 0 saturated heterocycles. The fourth-order valence-electron chi connectivity index (χ4n) is 0.736. The van der Waals surface area contributed by atoms with Gasteiger partial charge >= 0.3 is 0 Å². The van der Waals surface area contributed by atoms with E-state index in [9.17, 15) is 13.2 Å². The lowest BCUT2D eigenvalue weighted by atomic mass is 10.2. The molecule has 1 rings (SSSR count). The van der Waals surface area contributed by atoms with Crippen LogP contribution in [0.3, 0.4) is 0 Å². The first kappa shape index (κ1) is 8.99. The highest BCUT2D eigenvalue weighted by molar-refractivity contribution is 5.13. The second kappa shape index (κ2) is 3.53. The number of hydrogen-bond donors (Lipinski definition) is 1. The van der Waals surface area contributed by atoms with E-state index >= 15 is 0 Å². The van der Waals surface area contributed by atoms with Crippen molar-refractivity contribution in [2.45, 2.75) is 12.5 Å². The van der Waals surface area contributed by atoms with Gasteiger partial charge in [-0.3, -0.25) is 4.98 Å². The maximum absolute atomic E-state index is 12.4. The van der Waals surface area contributed by atoms with Crippen molar-refractivity contribution in [2.75, 3.05) is 0 Å². The number of rotatable bonds is 2. The summed E-state index contributed by atoms with van der Waals surface area (Å²) in [5.41, 5.74) is -0.218. The molecule has 0 aliphatic carbocycles. The van der Waals surface area contributed by atoms with Gasteiger partial charge in [0.25, 0.3) is 6.43 Å². The Hall–Kier alpha value is -1.10. The summed E-state index contributed by atoms with van der Waals surface area (Å²) in [4.78, 5) is 3.32. The van der Waals surface area contributed by atoms with Gasteiger partial charge in [0, 0.05) is 11.8 Å². The lowest BCUT2D eigenvalue weighted by molar-refractivity contribution is -0.00612.